The van der Waals surface area contributed by atoms with E-state index in [0.717, 1.165) is 29.0 Å². The van der Waals surface area contributed by atoms with Gasteiger partial charge < -0.3 is 10.3 Å². The molecule has 0 spiro atoms. The average molecular weight is 175 g/mol. The number of benzene rings is 1. The van der Waals surface area contributed by atoms with Crippen molar-refractivity contribution in [1.29, 1.82) is 0 Å². The number of fused-ring (bicyclic) bond motifs is 1. The number of hydrogen-bond acceptors (Lipinski definition) is 2. The number of nitrogens with two attached hydrogens (primary N) is 1. The summed E-state index contributed by atoms with van der Waals surface area (Å²) < 4.78 is 2.09. The first kappa shape index (κ1) is 8.10. The number of anilines is 1. The zero-order chi connectivity index (χ0) is 9.42. The summed E-state index contributed by atoms with van der Waals surface area (Å²) in [6.45, 7) is 2.10. The molecule has 3 heteroatoms. The van der Waals surface area contributed by atoms with Gasteiger partial charge in [-0.05, 0) is 18.2 Å². The summed E-state index contributed by atoms with van der Waals surface area (Å²) in [6, 6.07) is 5.81. The first-order chi connectivity index (χ1) is 6.22. The van der Waals surface area contributed by atoms with Crippen molar-refractivity contribution in [3.05, 3.63) is 24.0 Å². The molecule has 0 saturated carbocycles. The van der Waals surface area contributed by atoms with Crippen LogP contribution in [0.2, 0.25) is 0 Å². The maximum absolute atomic E-state index is 5.70. The zero-order valence-corrected chi connectivity index (χ0v) is 7.91. The molecule has 3 nitrogen and oxygen atoms in total. The molecule has 0 aliphatic heterocycles. The minimum absolute atomic E-state index is 0.790. The highest BCUT2D eigenvalue weighted by Crippen LogP contribution is 2.17. The van der Waals surface area contributed by atoms with E-state index in [0.29, 0.717) is 0 Å². The van der Waals surface area contributed by atoms with Gasteiger partial charge in [0, 0.05) is 19.2 Å². The van der Waals surface area contributed by atoms with E-state index in [4.69, 9.17) is 5.73 Å². The third-order valence-corrected chi connectivity index (χ3v) is 2.31. The van der Waals surface area contributed by atoms with Gasteiger partial charge in [-0.2, -0.15) is 0 Å². The van der Waals surface area contributed by atoms with Gasteiger partial charge in [0.2, 0.25) is 0 Å². The second kappa shape index (κ2) is 2.76. The van der Waals surface area contributed by atoms with E-state index < -0.39 is 0 Å². The molecule has 0 aliphatic carbocycles. The van der Waals surface area contributed by atoms with Crippen LogP contribution in [0.5, 0.6) is 0 Å². The fraction of sp³-hybridized carbons (Fsp3) is 0.300. The molecule has 0 bridgehead atoms. The van der Waals surface area contributed by atoms with Crippen LogP contribution in [0.3, 0.4) is 0 Å². The van der Waals surface area contributed by atoms with Crippen molar-refractivity contribution >= 4 is 16.7 Å². The molecule has 0 fully saturated rings. The Morgan fingerprint density at radius 3 is 2.92 bits per heavy atom. The zero-order valence-electron chi connectivity index (χ0n) is 7.91. The number of nitrogens with zero attached hydrogens (tertiary/aromatic N) is 2. The number of hydrogen-bond donors (Lipinski definition) is 1. The smallest absolute Gasteiger partial charge is 0.109 e. The molecule has 1 heterocycles. The Labute approximate surface area is 77.2 Å². The number of nitrogen functional groups attached to an aromatic ring is 1. The fourth-order valence-corrected chi connectivity index (χ4v) is 1.57. The van der Waals surface area contributed by atoms with E-state index in [-0.39, 0.29) is 0 Å². The summed E-state index contributed by atoms with van der Waals surface area (Å²) in [5.41, 5.74) is 8.62. The van der Waals surface area contributed by atoms with Crippen LogP contribution in [-0.2, 0) is 13.5 Å². The van der Waals surface area contributed by atoms with Crippen LogP contribution in [0.15, 0.2) is 18.2 Å². The highest BCUT2D eigenvalue weighted by Gasteiger charge is 2.04. The Balaban J connectivity index is 2.77. The van der Waals surface area contributed by atoms with Crippen LogP contribution in [0.4, 0.5) is 5.69 Å². The van der Waals surface area contributed by atoms with Gasteiger partial charge in [-0.25, -0.2) is 4.98 Å². The summed E-state index contributed by atoms with van der Waals surface area (Å²) in [5, 5.41) is 0. The molecule has 2 aromatic rings. The second-order valence-corrected chi connectivity index (χ2v) is 3.19. The molecule has 0 amide bonds. The first-order valence-corrected chi connectivity index (χ1v) is 4.43. The molecule has 0 atom stereocenters. The van der Waals surface area contributed by atoms with Crippen molar-refractivity contribution in [2.45, 2.75) is 13.3 Å². The van der Waals surface area contributed by atoms with Gasteiger partial charge in [0.05, 0.1) is 11.0 Å². The first-order valence-electron chi connectivity index (χ1n) is 4.43. The van der Waals surface area contributed by atoms with Crippen molar-refractivity contribution in [1.82, 2.24) is 9.55 Å². The highest BCUT2D eigenvalue weighted by atomic mass is 15.1. The van der Waals surface area contributed by atoms with Gasteiger partial charge in [0.25, 0.3) is 0 Å². The van der Waals surface area contributed by atoms with E-state index in [1.807, 2.05) is 25.2 Å². The topological polar surface area (TPSA) is 43.8 Å². The van der Waals surface area contributed by atoms with Crippen LogP contribution in [0.1, 0.15) is 12.7 Å². The molecule has 1 aromatic heterocycles. The van der Waals surface area contributed by atoms with E-state index in [1.54, 1.807) is 0 Å². The Bertz CT molecular complexity index is 443. The third-order valence-electron chi connectivity index (χ3n) is 2.31. The third kappa shape index (κ3) is 1.16. The summed E-state index contributed by atoms with van der Waals surface area (Å²) in [7, 11) is 2.02. The van der Waals surface area contributed by atoms with Crippen LogP contribution < -0.4 is 5.73 Å². The van der Waals surface area contributed by atoms with Crippen molar-refractivity contribution in [3.8, 4) is 0 Å². The lowest BCUT2D eigenvalue weighted by atomic mass is 10.3. The molecule has 0 unspecified atom stereocenters. The fourth-order valence-electron chi connectivity index (χ4n) is 1.57. The maximum Gasteiger partial charge on any atom is 0.109 e. The standard InChI is InChI=1S/C10H13N3/c1-3-10-12-8-5-4-7(11)6-9(8)13(10)2/h4-6H,3,11H2,1-2H3. The molecule has 1 aromatic carbocycles. The number of rotatable bonds is 1. The van der Waals surface area contributed by atoms with Crippen LogP contribution in [-0.4, -0.2) is 9.55 Å². The lowest BCUT2D eigenvalue weighted by Gasteiger charge is -1.98. The minimum atomic E-state index is 0.790. The van der Waals surface area contributed by atoms with Crippen molar-refractivity contribution < 1.29 is 0 Å². The molecule has 68 valence electrons. The molecule has 0 radical (unpaired) electrons. The summed E-state index contributed by atoms with van der Waals surface area (Å²) in [6.07, 6.45) is 0.949. The molecular weight excluding hydrogens is 162 g/mol. The molecule has 2 N–H and O–H groups in total. The SMILES string of the molecule is CCc1nc2ccc(N)cc2n1C. The summed E-state index contributed by atoms with van der Waals surface area (Å²) in [5.74, 6) is 1.10. The number of imidazole rings is 1. The molecule has 13 heavy (non-hydrogen) atoms. The van der Waals surface area contributed by atoms with Crippen LogP contribution in [0, 0.1) is 0 Å². The van der Waals surface area contributed by atoms with Crippen molar-refractivity contribution in [3.63, 3.8) is 0 Å². The molecule has 0 saturated heterocycles. The Hall–Kier alpha value is -1.51. The number of aromatic nitrogens is 2. The highest BCUT2D eigenvalue weighted by molar-refractivity contribution is 5.79. The van der Waals surface area contributed by atoms with Crippen molar-refractivity contribution in [2.24, 2.45) is 7.05 Å². The van der Waals surface area contributed by atoms with Gasteiger partial charge in [0.1, 0.15) is 5.82 Å². The van der Waals surface area contributed by atoms with E-state index in [9.17, 15) is 0 Å². The van der Waals surface area contributed by atoms with E-state index in [2.05, 4.69) is 16.5 Å². The molecular formula is C10H13N3. The normalized spacial score (nSPS) is 10.9. The van der Waals surface area contributed by atoms with Gasteiger partial charge >= 0.3 is 0 Å². The summed E-state index contributed by atoms with van der Waals surface area (Å²) >= 11 is 0. The Morgan fingerprint density at radius 2 is 2.23 bits per heavy atom. The predicted molar refractivity (Wildman–Crippen MR) is 54.5 cm³/mol. The van der Waals surface area contributed by atoms with E-state index >= 15 is 0 Å². The van der Waals surface area contributed by atoms with Gasteiger partial charge in [-0.1, -0.05) is 6.92 Å². The van der Waals surface area contributed by atoms with Gasteiger partial charge in [-0.3, -0.25) is 0 Å². The lowest BCUT2D eigenvalue weighted by molar-refractivity contribution is 0.829. The minimum Gasteiger partial charge on any atom is -0.399 e. The molecule has 0 aliphatic rings. The Morgan fingerprint density at radius 1 is 1.46 bits per heavy atom. The van der Waals surface area contributed by atoms with Crippen LogP contribution >= 0.6 is 0 Å². The quantitative estimate of drug-likeness (QED) is 0.670. The predicted octanol–water partition coefficient (Wildman–Crippen LogP) is 1.72. The Kier molecular flexibility index (Phi) is 1.72. The monoisotopic (exact) mass is 175 g/mol. The number of aryl methyl sites for hydroxylation is 2. The van der Waals surface area contributed by atoms with Gasteiger partial charge in [-0.15, -0.1) is 0 Å². The maximum atomic E-state index is 5.70. The van der Waals surface area contributed by atoms with Crippen LogP contribution in [0.25, 0.3) is 11.0 Å². The van der Waals surface area contributed by atoms with Crippen molar-refractivity contribution in [2.75, 3.05) is 5.73 Å². The van der Waals surface area contributed by atoms with Gasteiger partial charge in [0.15, 0.2) is 0 Å². The molecule has 2 rings (SSSR count). The lowest BCUT2D eigenvalue weighted by Crippen LogP contribution is -1.95. The average Bonchev–Trinajstić information content (AvgIpc) is 2.44. The largest absolute Gasteiger partial charge is 0.399 e. The second-order valence-electron chi connectivity index (χ2n) is 3.19. The summed E-state index contributed by atoms with van der Waals surface area (Å²) in [4.78, 5) is 4.48. The van der Waals surface area contributed by atoms with E-state index in [1.165, 1.54) is 0 Å².